The maximum absolute atomic E-state index is 13.4. The molecule has 5 heteroatoms. The molecular formula is C13H13FN2OS. The van der Waals surface area contributed by atoms with Crippen molar-refractivity contribution in [2.24, 2.45) is 0 Å². The third-order valence-electron chi connectivity index (χ3n) is 2.74. The highest BCUT2D eigenvalue weighted by molar-refractivity contribution is 7.71. The quantitative estimate of drug-likeness (QED) is 0.862. The van der Waals surface area contributed by atoms with Gasteiger partial charge >= 0.3 is 0 Å². The molecule has 0 aliphatic rings. The van der Waals surface area contributed by atoms with Crippen LogP contribution in [0.4, 0.5) is 4.39 Å². The monoisotopic (exact) mass is 264 g/mol. The van der Waals surface area contributed by atoms with Crippen LogP contribution in [0.3, 0.4) is 0 Å². The third-order valence-corrected chi connectivity index (χ3v) is 3.09. The van der Waals surface area contributed by atoms with Gasteiger partial charge in [-0.15, -0.1) is 0 Å². The number of hydrogen-bond acceptors (Lipinski definition) is 3. The van der Waals surface area contributed by atoms with Gasteiger partial charge in [-0.05, 0) is 24.6 Å². The second-order valence-electron chi connectivity index (χ2n) is 3.76. The highest BCUT2D eigenvalue weighted by Gasteiger charge is 2.12. The van der Waals surface area contributed by atoms with Crippen molar-refractivity contribution >= 4 is 12.2 Å². The lowest BCUT2D eigenvalue weighted by Gasteiger charge is -2.11. The van der Waals surface area contributed by atoms with Crippen molar-refractivity contribution in [2.45, 2.75) is 13.3 Å². The zero-order chi connectivity index (χ0) is 13.1. The Hall–Kier alpha value is -1.75. The van der Waals surface area contributed by atoms with E-state index >= 15 is 0 Å². The first-order valence-corrected chi connectivity index (χ1v) is 5.98. The van der Waals surface area contributed by atoms with E-state index in [0.717, 1.165) is 17.7 Å². The van der Waals surface area contributed by atoms with Gasteiger partial charge in [0.05, 0.1) is 19.1 Å². The Morgan fingerprint density at radius 3 is 2.89 bits per heavy atom. The van der Waals surface area contributed by atoms with Gasteiger partial charge in [-0.25, -0.2) is 9.37 Å². The van der Waals surface area contributed by atoms with Crippen LogP contribution in [0, 0.1) is 10.5 Å². The normalized spacial score (nSPS) is 10.4. The van der Waals surface area contributed by atoms with E-state index in [1.54, 1.807) is 13.2 Å². The minimum absolute atomic E-state index is 0.316. The van der Waals surface area contributed by atoms with E-state index in [-0.39, 0.29) is 5.82 Å². The number of rotatable bonds is 3. The van der Waals surface area contributed by atoms with Gasteiger partial charge in [-0.3, -0.25) is 0 Å². The predicted molar refractivity (Wildman–Crippen MR) is 70.7 cm³/mol. The van der Waals surface area contributed by atoms with Crippen molar-refractivity contribution < 1.29 is 9.13 Å². The largest absolute Gasteiger partial charge is 0.496 e. The number of H-pyrrole nitrogens is 1. The summed E-state index contributed by atoms with van der Waals surface area (Å²) >= 11 is 5.19. The van der Waals surface area contributed by atoms with Crippen molar-refractivity contribution in [2.75, 3.05) is 7.11 Å². The first-order valence-electron chi connectivity index (χ1n) is 5.57. The van der Waals surface area contributed by atoms with Crippen molar-refractivity contribution in [3.8, 4) is 17.0 Å². The molecule has 0 spiro atoms. The number of ether oxygens (including phenoxy) is 1. The molecule has 0 amide bonds. The number of methoxy groups -OCH3 is 1. The van der Waals surface area contributed by atoms with Gasteiger partial charge in [-0.2, -0.15) is 0 Å². The maximum atomic E-state index is 13.4. The fourth-order valence-corrected chi connectivity index (χ4v) is 2.17. The highest BCUT2D eigenvalue weighted by atomic mass is 32.1. The summed E-state index contributed by atoms with van der Waals surface area (Å²) in [4.78, 5) is 7.06. The molecule has 1 aromatic heterocycles. The first-order chi connectivity index (χ1) is 8.67. The molecule has 1 heterocycles. The molecule has 94 valence electrons. The zero-order valence-corrected chi connectivity index (χ0v) is 11.0. The molecule has 18 heavy (non-hydrogen) atoms. The average molecular weight is 264 g/mol. The molecule has 0 radical (unpaired) electrons. The Balaban J connectivity index is 2.72. The second kappa shape index (κ2) is 5.27. The number of halogens is 1. The Labute approximate surface area is 110 Å². The molecular weight excluding hydrogens is 251 g/mol. The Morgan fingerprint density at radius 1 is 1.44 bits per heavy atom. The Kier molecular flexibility index (Phi) is 3.72. The number of aromatic nitrogens is 2. The molecule has 3 nitrogen and oxygen atoms in total. The summed E-state index contributed by atoms with van der Waals surface area (Å²) in [5, 5.41) is 0. The number of hydrogen-bond donors (Lipinski definition) is 1. The molecule has 0 aliphatic heterocycles. The van der Waals surface area contributed by atoms with Gasteiger partial charge in [0.1, 0.15) is 16.2 Å². The van der Waals surface area contributed by atoms with E-state index in [4.69, 9.17) is 17.0 Å². The van der Waals surface area contributed by atoms with Gasteiger partial charge in [0.2, 0.25) is 0 Å². The average Bonchev–Trinajstić information content (AvgIpc) is 2.38. The molecule has 0 fully saturated rings. The summed E-state index contributed by atoms with van der Waals surface area (Å²) in [6.07, 6.45) is 2.24. The molecule has 0 saturated heterocycles. The van der Waals surface area contributed by atoms with Crippen LogP contribution in [-0.2, 0) is 6.42 Å². The van der Waals surface area contributed by atoms with E-state index in [1.807, 2.05) is 6.92 Å². The number of nitrogens with one attached hydrogen (secondary N) is 1. The van der Waals surface area contributed by atoms with Crippen LogP contribution < -0.4 is 4.74 Å². The first kappa shape index (κ1) is 12.7. The minimum atomic E-state index is -0.316. The van der Waals surface area contributed by atoms with E-state index in [0.29, 0.717) is 16.0 Å². The Morgan fingerprint density at radius 2 is 2.22 bits per heavy atom. The van der Waals surface area contributed by atoms with Crippen molar-refractivity contribution in [1.82, 2.24) is 9.97 Å². The number of nitrogens with zero attached hydrogens (tertiary/aromatic N) is 1. The van der Waals surface area contributed by atoms with Crippen LogP contribution in [-0.4, -0.2) is 17.1 Å². The van der Waals surface area contributed by atoms with Gasteiger partial charge in [0, 0.05) is 11.1 Å². The van der Waals surface area contributed by atoms with Gasteiger partial charge in [0.15, 0.2) is 0 Å². The fourth-order valence-electron chi connectivity index (χ4n) is 1.87. The SMILES string of the molecule is CCc1c(-c2cc(F)ccc2OC)[nH]cnc1=S. The summed E-state index contributed by atoms with van der Waals surface area (Å²) in [5.41, 5.74) is 2.30. The van der Waals surface area contributed by atoms with Gasteiger partial charge in [-0.1, -0.05) is 19.1 Å². The van der Waals surface area contributed by atoms with Crippen LogP contribution >= 0.6 is 12.2 Å². The van der Waals surface area contributed by atoms with E-state index in [1.165, 1.54) is 18.5 Å². The molecule has 0 unspecified atom stereocenters. The summed E-state index contributed by atoms with van der Waals surface area (Å²) in [6, 6.07) is 4.39. The van der Waals surface area contributed by atoms with E-state index in [2.05, 4.69) is 9.97 Å². The van der Waals surface area contributed by atoms with Crippen LogP contribution in [0.15, 0.2) is 24.5 Å². The zero-order valence-electron chi connectivity index (χ0n) is 10.2. The third kappa shape index (κ3) is 2.26. The van der Waals surface area contributed by atoms with E-state index < -0.39 is 0 Å². The number of benzene rings is 1. The summed E-state index contributed by atoms with van der Waals surface area (Å²) in [5.74, 6) is 0.284. The standard InChI is InChI=1S/C13H13FN2OS/c1-3-9-12(15-7-16-13(9)18)10-6-8(14)4-5-11(10)17-2/h4-7H,3H2,1-2H3,(H,15,16,18). The lowest BCUT2D eigenvalue weighted by Crippen LogP contribution is -1.98. The maximum Gasteiger partial charge on any atom is 0.133 e. The van der Waals surface area contributed by atoms with Crippen LogP contribution in [0.25, 0.3) is 11.3 Å². The minimum Gasteiger partial charge on any atom is -0.496 e. The fraction of sp³-hybridized carbons (Fsp3) is 0.231. The molecule has 1 aromatic carbocycles. The van der Waals surface area contributed by atoms with Crippen molar-refractivity contribution in [3.05, 3.63) is 40.5 Å². The summed E-state index contributed by atoms with van der Waals surface area (Å²) < 4.78 is 19.2. The van der Waals surface area contributed by atoms with E-state index in [9.17, 15) is 4.39 Å². The van der Waals surface area contributed by atoms with Crippen LogP contribution in [0.1, 0.15) is 12.5 Å². The van der Waals surface area contributed by atoms with Gasteiger partial charge < -0.3 is 9.72 Å². The lowest BCUT2D eigenvalue weighted by molar-refractivity contribution is 0.415. The van der Waals surface area contributed by atoms with Crippen LogP contribution in [0.5, 0.6) is 5.75 Å². The Bertz CT molecular complexity index is 625. The smallest absolute Gasteiger partial charge is 0.133 e. The predicted octanol–water partition coefficient (Wildman–Crippen LogP) is 3.52. The van der Waals surface area contributed by atoms with Crippen molar-refractivity contribution in [1.29, 1.82) is 0 Å². The number of aromatic amines is 1. The molecule has 0 saturated carbocycles. The summed E-state index contributed by atoms with van der Waals surface area (Å²) in [6.45, 7) is 1.98. The second-order valence-corrected chi connectivity index (χ2v) is 4.15. The molecule has 0 bridgehead atoms. The molecule has 1 N–H and O–H groups in total. The molecule has 0 aliphatic carbocycles. The molecule has 0 atom stereocenters. The highest BCUT2D eigenvalue weighted by Crippen LogP contribution is 2.31. The molecule has 2 rings (SSSR count). The topological polar surface area (TPSA) is 37.9 Å². The van der Waals surface area contributed by atoms with Crippen LogP contribution in [0.2, 0.25) is 0 Å². The van der Waals surface area contributed by atoms with Gasteiger partial charge in [0.25, 0.3) is 0 Å². The lowest BCUT2D eigenvalue weighted by atomic mass is 10.0. The summed E-state index contributed by atoms with van der Waals surface area (Å²) in [7, 11) is 1.55. The molecule has 2 aromatic rings. The van der Waals surface area contributed by atoms with Crippen molar-refractivity contribution in [3.63, 3.8) is 0 Å².